The number of fused-ring (bicyclic) bond motifs is 1. The summed E-state index contributed by atoms with van der Waals surface area (Å²) in [5.41, 5.74) is 0.153. The van der Waals surface area contributed by atoms with E-state index in [9.17, 15) is 13.2 Å². The highest BCUT2D eigenvalue weighted by atomic mass is 35.5. The van der Waals surface area contributed by atoms with E-state index in [0.717, 1.165) is 4.31 Å². The molecule has 0 radical (unpaired) electrons. The first kappa shape index (κ1) is 23.7. The zero-order valence-corrected chi connectivity index (χ0v) is 19.9. The van der Waals surface area contributed by atoms with Crippen molar-refractivity contribution in [3.8, 4) is 17.2 Å². The number of carbonyl (C=O) groups is 1. The van der Waals surface area contributed by atoms with E-state index in [1.807, 2.05) is 12.1 Å². The number of rotatable bonds is 8. The Morgan fingerprint density at radius 1 is 1.09 bits per heavy atom. The fourth-order valence-electron chi connectivity index (χ4n) is 3.46. The third-order valence-corrected chi connectivity index (χ3v) is 7.13. The fourth-order valence-corrected chi connectivity index (χ4v) is 5.07. The second-order valence-corrected chi connectivity index (χ2v) is 9.74. The summed E-state index contributed by atoms with van der Waals surface area (Å²) in [6.45, 7) is -0.0946. The number of nitrogens with zero attached hydrogens (tertiary/aromatic N) is 1. The second kappa shape index (κ2) is 10.2. The average molecular weight is 503 g/mol. The highest BCUT2D eigenvalue weighted by Gasteiger charge is 2.30. The van der Waals surface area contributed by atoms with Crippen molar-refractivity contribution in [1.29, 1.82) is 0 Å². The maximum atomic E-state index is 13.5. The minimum atomic E-state index is -4.10. The van der Waals surface area contributed by atoms with Crippen LogP contribution in [0.15, 0.2) is 77.7 Å². The maximum Gasteiger partial charge on any atom is 0.264 e. The van der Waals surface area contributed by atoms with Crippen LogP contribution in [0.5, 0.6) is 17.2 Å². The molecule has 34 heavy (non-hydrogen) atoms. The van der Waals surface area contributed by atoms with E-state index in [2.05, 4.69) is 5.32 Å². The molecule has 3 aromatic rings. The van der Waals surface area contributed by atoms with Crippen molar-refractivity contribution in [3.63, 3.8) is 0 Å². The molecule has 1 aliphatic heterocycles. The molecule has 0 fully saturated rings. The molecule has 4 rings (SSSR count). The number of hydrogen-bond acceptors (Lipinski definition) is 6. The van der Waals surface area contributed by atoms with Gasteiger partial charge in [0.15, 0.2) is 11.5 Å². The molecule has 0 saturated carbocycles. The predicted molar refractivity (Wildman–Crippen MR) is 128 cm³/mol. The number of hydrogen-bond donors (Lipinski definition) is 1. The number of carbonyl (C=O) groups excluding carboxylic acids is 1. The van der Waals surface area contributed by atoms with E-state index >= 15 is 0 Å². The highest BCUT2D eigenvalue weighted by Crippen LogP contribution is 2.35. The monoisotopic (exact) mass is 502 g/mol. The molecule has 0 spiro atoms. The summed E-state index contributed by atoms with van der Waals surface area (Å²) in [7, 11) is -2.69. The minimum Gasteiger partial charge on any atom is -0.495 e. The Morgan fingerprint density at radius 3 is 2.53 bits per heavy atom. The first-order valence-electron chi connectivity index (χ1n) is 10.4. The summed E-state index contributed by atoms with van der Waals surface area (Å²) < 4.78 is 44.8. The van der Waals surface area contributed by atoms with Gasteiger partial charge in [0, 0.05) is 5.02 Å². The highest BCUT2D eigenvalue weighted by molar-refractivity contribution is 7.92. The van der Waals surface area contributed by atoms with Crippen LogP contribution in [0, 0.1) is 0 Å². The van der Waals surface area contributed by atoms with E-state index in [0.29, 0.717) is 16.5 Å². The maximum absolute atomic E-state index is 13.5. The Hall–Kier alpha value is -3.43. The van der Waals surface area contributed by atoms with Gasteiger partial charge in [-0.15, -0.1) is 0 Å². The first-order chi connectivity index (χ1) is 16.4. The molecule has 0 bridgehead atoms. The number of halogens is 1. The van der Waals surface area contributed by atoms with Crippen molar-refractivity contribution in [2.75, 3.05) is 31.1 Å². The van der Waals surface area contributed by atoms with Crippen LogP contribution in [0.3, 0.4) is 0 Å². The lowest BCUT2D eigenvalue weighted by molar-refractivity contribution is -0.120. The molecular weight excluding hydrogens is 480 g/mol. The van der Waals surface area contributed by atoms with Gasteiger partial charge in [-0.1, -0.05) is 41.9 Å². The molecular formula is C24H23ClN2O6S. The number of para-hydroxylation sites is 2. The van der Waals surface area contributed by atoms with E-state index in [1.165, 1.54) is 25.3 Å². The third-order valence-electron chi connectivity index (χ3n) is 5.12. The number of sulfonamides is 1. The molecule has 178 valence electrons. The van der Waals surface area contributed by atoms with Gasteiger partial charge in [-0.2, -0.15) is 0 Å². The Kier molecular flexibility index (Phi) is 7.14. The molecule has 3 aromatic carbocycles. The number of ether oxygens (including phenoxy) is 3. The van der Waals surface area contributed by atoms with Gasteiger partial charge in [0.1, 0.15) is 25.0 Å². The Bertz CT molecular complexity index is 1270. The van der Waals surface area contributed by atoms with Gasteiger partial charge < -0.3 is 19.5 Å². The number of anilines is 1. The summed E-state index contributed by atoms with van der Waals surface area (Å²) in [6.07, 6.45) is -0.418. The van der Waals surface area contributed by atoms with Crippen LogP contribution in [-0.2, 0) is 14.8 Å². The number of benzene rings is 3. The Labute approximate surface area is 203 Å². The van der Waals surface area contributed by atoms with Crippen LogP contribution in [0.25, 0.3) is 0 Å². The third kappa shape index (κ3) is 5.21. The van der Waals surface area contributed by atoms with Gasteiger partial charge in [0.05, 0.1) is 24.2 Å². The van der Waals surface area contributed by atoms with Crippen LogP contribution >= 0.6 is 11.6 Å². The van der Waals surface area contributed by atoms with Crippen LogP contribution in [-0.4, -0.2) is 47.2 Å². The van der Waals surface area contributed by atoms with Crippen LogP contribution in [0.2, 0.25) is 5.02 Å². The number of amides is 1. The predicted octanol–water partition coefficient (Wildman–Crippen LogP) is 3.50. The molecule has 1 heterocycles. The van der Waals surface area contributed by atoms with Gasteiger partial charge >= 0.3 is 0 Å². The van der Waals surface area contributed by atoms with Crippen LogP contribution in [0.1, 0.15) is 0 Å². The standard InChI is InChI=1S/C24H23ClN2O6S/c1-31-21-12-11-17(25)13-20(21)27(34(29,30)19-7-3-2-4-8-19)15-24(28)26-14-18-16-32-22-9-5-6-10-23(22)33-18/h2-13,18H,14-16H2,1H3,(H,26,28). The van der Waals surface area contributed by atoms with E-state index in [1.54, 1.807) is 42.5 Å². The Morgan fingerprint density at radius 2 is 1.79 bits per heavy atom. The quantitative estimate of drug-likeness (QED) is 0.506. The molecule has 1 aliphatic rings. The molecule has 8 nitrogen and oxygen atoms in total. The molecule has 1 N–H and O–H groups in total. The molecule has 1 atom stereocenters. The molecule has 1 unspecified atom stereocenters. The SMILES string of the molecule is COc1ccc(Cl)cc1N(CC(=O)NCC1COc2ccccc2O1)S(=O)(=O)c1ccccc1. The van der Waals surface area contributed by atoms with E-state index in [-0.39, 0.29) is 29.5 Å². The largest absolute Gasteiger partial charge is 0.495 e. The lowest BCUT2D eigenvalue weighted by Crippen LogP contribution is -2.45. The van der Waals surface area contributed by atoms with Crippen LogP contribution in [0.4, 0.5) is 5.69 Å². The summed E-state index contributed by atoms with van der Waals surface area (Å²) in [4.78, 5) is 12.9. The smallest absolute Gasteiger partial charge is 0.264 e. The zero-order valence-electron chi connectivity index (χ0n) is 18.3. The van der Waals surface area contributed by atoms with Gasteiger partial charge in [-0.05, 0) is 42.5 Å². The molecule has 0 aliphatic carbocycles. The van der Waals surface area contributed by atoms with Crippen molar-refractivity contribution in [2.45, 2.75) is 11.0 Å². The average Bonchev–Trinajstić information content (AvgIpc) is 2.86. The zero-order chi connectivity index (χ0) is 24.1. The van der Waals surface area contributed by atoms with Crippen molar-refractivity contribution in [3.05, 3.63) is 77.8 Å². The number of nitrogens with one attached hydrogen (secondary N) is 1. The van der Waals surface area contributed by atoms with Crippen molar-refractivity contribution < 1.29 is 27.4 Å². The minimum absolute atomic E-state index is 0.0328. The lowest BCUT2D eigenvalue weighted by Gasteiger charge is -2.28. The summed E-state index contributed by atoms with van der Waals surface area (Å²) in [6, 6.07) is 19.7. The fraction of sp³-hybridized carbons (Fsp3) is 0.208. The summed E-state index contributed by atoms with van der Waals surface area (Å²) in [5.74, 6) is 0.963. The Balaban J connectivity index is 1.54. The second-order valence-electron chi connectivity index (χ2n) is 7.44. The lowest BCUT2D eigenvalue weighted by atomic mass is 10.2. The molecule has 1 amide bonds. The van der Waals surface area contributed by atoms with Gasteiger partial charge in [-0.25, -0.2) is 8.42 Å². The van der Waals surface area contributed by atoms with E-state index < -0.39 is 28.6 Å². The van der Waals surface area contributed by atoms with Gasteiger partial charge in [-0.3, -0.25) is 9.10 Å². The topological polar surface area (TPSA) is 94.2 Å². The van der Waals surface area contributed by atoms with E-state index in [4.69, 9.17) is 25.8 Å². The van der Waals surface area contributed by atoms with Gasteiger partial charge in [0.25, 0.3) is 10.0 Å². The molecule has 10 heteroatoms. The molecule has 0 aromatic heterocycles. The van der Waals surface area contributed by atoms with Crippen LogP contribution < -0.4 is 23.8 Å². The number of methoxy groups -OCH3 is 1. The van der Waals surface area contributed by atoms with Crippen molar-refractivity contribution in [2.24, 2.45) is 0 Å². The summed E-state index contributed by atoms with van der Waals surface area (Å²) in [5, 5.41) is 3.04. The van der Waals surface area contributed by atoms with Crippen molar-refractivity contribution in [1.82, 2.24) is 5.32 Å². The first-order valence-corrected chi connectivity index (χ1v) is 12.3. The molecule has 0 saturated heterocycles. The normalized spacial score (nSPS) is 14.8. The van der Waals surface area contributed by atoms with Crippen molar-refractivity contribution >= 4 is 33.2 Å². The summed E-state index contributed by atoms with van der Waals surface area (Å²) >= 11 is 6.15. The van der Waals surface area contributed by atoms with Gasteiger partial charge in [0.2, 0.25) is 5.91 Å².